The van der Waals surface area contributed by atoms with Crippen LogP contribution in [0.25, 0.3) is 11.0 Å². The number of aliphatic hydroxyl groups excluding tert-OH is 1. The maximum absolute atomic E-state index is 11.5. The fraction of sp³-hybridized carbons (Fsp3) is 0.560. The second-order valence-electron chi connectivity index (χ2n) is 9.99. The van der Waals surface area contributed by atoms with Crippen molar-refractivity contribution in [2.75, 3.05) is 6.61 Å². The lowest BCUT2D eigenvalue weighted by atomic mass is 9.45. The fourth-order valence-corrected chi connectivity index (χ4v) is 6.20. The molecule has 5 atom stereocenters. The first-order valence-corrected chi connectivity index (χ1v) is 10.8. The van der Waals surface area contributed by atoms with Crippen LogP contribution in [-0.2, 0) is 0 Å². The van der Waals surface area contributed by atoms with Gasteiger partial charge in [0.25, 0.3) is 0 Å². The van der Waals surface area contributed by atoms with Crippen LogP contribution in [0.3, 0.4) is 0 Å². The van der Waals surface area contributed by atoms with Gasteiger partial charge in [-0.2, -0.15) is 0 Å². The Hall–Kier alpha value is -2.11. The third kappa shape index (κ3) is 3.28. The lowest BCUT2D eigenvalue weighted by molar-refractivity contribution is -0.192. The van der Waals surface area contributed by atoms with Gasteiger partial charge in [-0.3, -0.25) is 0 Å². The van der Waals surface area contributed by atoms with Gasteiger partial charge >= 0.3 is 5.63 Å². The van der Waals surface area contributed by atoms with Crippen LogP contribution < -0.4 is 10.4 Å². The van der Waals surface area contributed by atoms with E-state index in [9.17, 15) is 15.0 Å². The van der Waals surface area contributed by atoms with Crippen molar-refractivity contribution in [3.8, 4) is 5.75 Å². The van der Waals surface area contributed by atoms with E-state index in [-0.39, 0.29) is 28.8 Å². The zero-order chi connectivity index (χ0) is 21.7. The molecule has 0 aliphatic heterocycles. The summed E-state index contributed by atoms with van der Waals surface area (Å²) in [6, 6.07) is 8.56. The zero-order valence-electron chi connectivity index (χ0n) is 18.1. The molecule has 0 bridgehead atoms. The van der Waals surface area contributed by atoms with Gasteiger partial charge < -0.3 is 19.4 Å². The van der Waals surface area contributed by atoms with Gasteiger partial charge in [0.2, 0.25) is 0 Å². The minimum Gasteiger partial charge on any atom is -0.493 e. The molecular weight excluding hydrogens is 380 g/mol. The highest BCUT2D eigenvalue weighted by molar-refractivity contribution is 5.77. The second kappa shape index (κ2) is 7.24. The van der Waals surface area contributed by atoms with E-state index in [1.165, 1.54) is 6.07 Å². The Morgan fingerprint density at radius 1 is 1.20 bits per heavy atom. The van der Waals surface area contributed by atoms with Gasteiger partial charge in [0, 0.05) is 23.4 Å². The van der Waals surface area contributed by atoms with E-state index < -0.39 is 11.2 Å². The van der Waals surface area contributed by atoms with E-state index in [0.29, 0.717) is 30.8 Å². The Morgan fingerprint density at radius 3 is 2.67 bits per heavy atom. The topological polar surface area (TPSA) is 79.9 Å². The van der Waals surface area contributed by atoms with Gasteiger partial charge in [-0.1, -0.05) is 26.8 Å². The van der Waals surface area contributed by atoms with Crippen LogP contribution in [0.5, 0.6) is 5.75 Å². The molecule has 1 heterocycles. The van der Waals surface area contributed by atoms with E-state index in [1.807, 2.05) is 12.1 Å². The molecule has 0 saturated heterocycles. The monoisotopic (exact) mass is 412 g/mol. The van der Waals surface area contributed by atoms with Crippen molar-refractivity contribution in [1.82, 2.24) is 0 Å². The van der Waals surface area contributed by atoms with Gasteiger partial charge in [0.15, 0.2) is 0 Å². The molecule has 1 aromatic carbocycles. The summed E-state index contributed by atoms with van der Waals surface area (Å²) < 4.78 is 11.4. The first-order valence-electron chi connectivity index (χ1n) is 10.8. The predicted molar refractivity (Wildman–Crippen MR) is 116 cm³/mol. The summed E-state index contributed by atoms with van der Waals surface area (Å²) in [6.07, 6.45) is 4.33. The zero-order valence-corrected chi connectivity index (χ0v) is 18.1. The molecule has 2 aromatic rings. The van der Waals surface area contributed by atoms with Crippen molar-refractivity contribution in [3.63, 3.8) is 0 Å². The first kappa shape index (κ1) is 21.1. The van der Waals surface area contributed by atoms with Gasteiger partial charge in [0.1, 0.15) is 11.3 Å². The van der Waals surface area contributed by atoms with Crippen LogP contribution in [0.1, 0.15) is 46.5 Å². The van der Waals surface area contributed by atoms with Gasteiger partial charge in [-0.05, 0) is 60.6 Å². The summed E-state index contributed by atoms with van der Waals surface area (Å²) in [4.78, 5) is 11.5. The van der Waals surface area contributed by atoms with Crippen LogP contribution >= 0.6 is 0 Å². The number of aliphatic hydroxyl groups is 2. The Balaban J connectivity index is 1.64. The molecule has 2 N–H and O–H groups in total. The molecule has 2 fully saturated rings. The molecule has 0 spiro atoms. The normalized spacial score (nSPS) is 35.6. The Morgan fingerprint density at radius 2 is 1.93 bits per heavy atom. The number of rotatable bonds is 4. The number of ether oxygens (including phenoxy) is 1. The van der Waals surface area contributed by atoms with Gasteiger partial charge in [-0.25, -0.2) is 4.79 Å². The summed E-state index contributed by atoms with van der Waals surface area (Å²) in [5.74, 6) is 0.716. The molecule has 0 radical (unpaired) electrons. The average molecular weight is 413 g/mol. The highest BCUT2D eigenvalue weighted by Crippen LogP contribution is 2.62. The molecule has 2 aliphatic rings. The standard InChI is InChI=1S/C25H32O5/c1-5-25(28)13-10-19-23(2,3)21(26)11-12-24(19,4)20(25)15-29-17-8-6-16-7-9-22(27)30-18(16)14-17/h5-9,14,19-21,26,28H,1,10-13,15H2,2-4H3. The van der Waals surface area contributed by atoms with Crippen molar-refractivity contribution in [1.29, 1.82) is 0 Å². The smallest absolute Gasteiger partial charge is 0.336 e. The minimum atomic E-state index is -1.02. The quantitative estimate of drug-likeness (QED) is 0.578. The maximum atomic E-state index is 11.5. The average Bonchev–Trinajstić information content (AvgIpc) is 2.70. The van der Waals surface area contributed by atoms with E-state index in [0.717, 1.165) is 18.2 Å². The Labute approximate surface area is 177 Å². The van der Waals surface area contributed by atoms with E-state index in [4.69, 9.17) is 9.15 Å². The summed E-state index contributed by atoms with van der Waals surface area (Å²) in [6.45, 7) is 10.8. The van der Waals surface area contributed by atoms with Crippen molar-refractivity contribution in [2.24, 2.45) is 22.7 Å². The molecular formula is C25H32O5. The Bertz CT molecular complexity index is 1010. The van der Waals surface area contributed by atoms with Gasteiger partial charge in [-0.15, -0.1) is 6.58 Å². The van der Waals surface area contributed by atoms with Gasteiger partial charge in [0.05, 0.1) is 18.3 Å². The van der Waals surface area contributed by atoms with Crippen LogP contribution in [-0.4, -0.2) is 28.5 Å². The molecule has 5 heteroatoms. The van der Waals surface area contributed by atoms with Crippen LogP contribution in [0, 0.1) is 22.7 Å². The van der Waals surface area contributed by atoms with E-state index in [2.05, 4.69) is 27.4 Å². The predicted octanol–water partition coefficient (Wildman–Crippen LogP) is 4.30. The number of hydrogen-bond donors (Lipinski definition) is 2. The van der Waals surface area contributed by atoms with Crippen LogP contribution in [0.2, 0.25) is 0 Å². The number of fused-ring (bicyclic) bond motifs is 2. The lowest BCUT2D eigenvalue weighted by Crippen LogP contribution is -2.62. The lowest BCUT2D eigenvalue weighted by Gasteiger charge is -2.62. The summed E-state index contributed by atoms with van der Waals surface area (Å²) in [5.41, 5.74) is -1.35. The molecule has 5 nitrogen and oxygen atoms in total. The molecule has 1 aromatic heterocycles. The molecule has 2 aliphatic carbocycles. The van der Waals surface area contributed by atoms with Crippen molar-refractivity contribution in [2.45, 2.75) is 58.2 Å². The maximum Gasteiger partial charge on any atom is 0.336 e. The van der Waals surface area contributed by atoms with Crippen molar-refractivity contribution < 1.29 is 19.4 Å². The second-order valence-corrected chi connectivity index (χ2v) is 9.99. The van der Waals surface area contributed by atoms with Crippen LogP contribution in [0.15, 0.2) is 52.2 Å². The van der Waals surface area contributed by atoms with E-state index >= 15 is 0 Å². The molecule has 0 amide bonds. The summed E-state index contributed by atoms with van der Waals surface area (Å²) >= 11 is 0. The highest BCUT2D eigenvalue weighted by Gasteiger charge is 2.60. The number of hydrogen-bond acceptors (Lipinski definition) is 5. The molecule has 4 rings (SSSR count). The van der Waals surface area contributed by atoms with Crippen LogP contribution in [0.4, 0.5) is 0 Å². The first-order chi connectivity index (χ1) is 14.1. The largest absolute Gasteiger partial charge is 0.493 e. The Kier molecular flexibility index (Phi) is 5.10. The third-order valence-electron chi connectivity index (χ3n) is 8.11. The summed E-state index contributed by atoms with van der Waals surface area (Å²) in [5, 5.41) is 22.9. The highest BCUT2D eigenvalue weighted by atomic mass is 16.5. The molecule has 2 saturated carbocycles. The van der Waals surface area contributed by atoms with E-state index in [1.54, 1.807) is 18.2 Å². The van der Waals surface area contributed by atoms with Crippen molar-refractivity contribution in [3.05, 3.63) is 53.4 Å². The molecule has 162 valence electrons. The minimum absolute atomic E-state index is 0.161. The third-order valence-corrected chi connectivity index (χ3v) is 8.11. The fourth-order valence-electron chi connectivity index (χ4n) is 6.20. The molecule has 30 heavy (non-hydrogen) atoms. The van der Waals surface area contributed by atoms with Crippen molar-refractivity contribution >= 4 is 11.0 Å². The number of benzene rings is 1. The SMILES string of the molecule is C=CC1(O)CCC2C(C)(C)C(O)CCC2(C)C1COc1ccc2ccc(=O)oc2c1. The summed E-state index contributed by atoms with van der Waals surface area (Å²) in [7, 11) is 0. The molecule has 5 unspecified atom stereocenters.